The first kappa shape index (κ1) is 9.76. The van der Waals surface area contributed by atoms with Gasteiger partial charge in [-0.05, 0) is 24.7 Å². The van der Waals surface area contributed by atoms with Crippen LogP contribution in [0.1, 0.15) is 46.5 Å². The average molecular weight is 168 g/mol. The molecule has 0 aromatic carbocycles. The van der Waals surface area contributed by atoms with Crippen molar-refractivity contribution in [3.05, 3.63) is 0 Å². The summed E-state index contributed by atoms with van der Waals surface area (Å²) in [7, 11) is 0. The van der Waals surface area contributed by atoms with E-state index in [0.717, 1.165) is 12.8 Å². The predicted molar refractivity (Wildman–Crippen MR) is 51.0 cm³/mol. The highest BCUT2D eigenvalue weighted by Crippen LogP contribution is 2.34. The molecule has 70 valence electrons. The molecular weight excluding hydrogens is 148 g/mol. The minimum Gasteiger partial charge on any atom is -0.299 e. The summed E-state index contributed by atoms with van der Waals surface area (Å²) in [4.78, 5) is 11.6. The minimum absolute atomic E-state index is 0.365. The molecule has 0 radical (unpaired) electrons. The molecule has 1 fully saturated rings. The maximum Gasteiger partial charge on any atom is 0.136 e. The lowest BCUT2D eigenvalue weighted by Gasteiger charge is -2.32. The zero-order valence-electron chi connectivity index (χ0n) is 8.47. The zero-order valence-corrected chi connectivity index (χ0v) is 8.47. The number of carbonyl (C=O) groups is 1. The van der Waals surface area contributed by atoms with Crippen molar-refractivity contribution in [2.75, 3.05) is 0 Å². The molecule has 1 nitrogen and oxygen atoms in total. The highest BCUT2D eigenvalue weighted by atomic mass is 16.1. The molecule has 1 saturated carbocycles. The zero-order chi connectivity index (χ0) is 9.14. The summed E-state index contributed by atoms with van der Waals surface area (Å²) in [6.07, 6.45) is 4.40. The van der Waals surface area contributed by atoms with Crippen LogP contribution in [0.4, 0.5) is 0 Å². The van der Waals surface area contributed by atoms with Crippen molar-refractivity contribution in [1.82, 2.24) is 0 Å². The second-order valence-corrected chi connectivity index (χ2v) is 4.30. The van der Waals surface area contributed by atoms with Gasteiger partial charge >= 0.3 is 0 Å². The van der Waals surface area contributed by atoms with Gasteiger partial charge in [0.2, 0.25) is 0 Å². The third-order valence-electron chi connectivity index (χ3n) is 3.12. The van der Waals surface area contributed by atoms with E-state index in [0.29, 0.717) is 23.5 Å². The Morgan fingerprint density at radius 2 is 2.17 bits per heavy atom. The molecule has 0 bridgehead atoms. The molecule has 2 unspecified atom stereocenters. The van der Waals surface area contributed by atoms with Crippen molar-refractivity contribution in [2.45, 2.75) is 46.5 Å². The third kappa shape index (κ3) is 1.88. The molecule has 0 aromatic heterocycles. The smallest absolute Gasteiger partial charge is 0.136 e. The lowest BCUT2D eigenvalue weighted by atomic mass is 9.72. The number of rotatable bonds is 2. The Morgan fingerprint density at radius 1 is 1.50 bits per heavy atom. The summed E-state index contributed by atoms with van der Waals surface area (Å²) in [6, 6.07) is 0. The Hall–Kier alpha value is -0.330. The van der Waals surface area contributed by atoms with Crippen LogP contribution in [0, 0.1) is 17.8 Å². The average Bonchev–Trinajstić information content (AvgIpc) is 2.03. The summed E-state index contributed by atoms with van der Waals surface area (Å²) < 4.78 is 0. The minimum atomic E-state index is 0.365. The highest BCUT2D eigenvalue weighted by molar-refractivity contribution is 5.82. The number of ketones is 1. The normalized spacial score (nSPS) is 31.2. The summed E-state index contributed by atoms with van der Waals surface area (Å²) in [5.74, 6) is 2.10. The fraction of sp³-hybridized carbons (Fsp3) is 0.909. The standard InChI is InChI=1S/C11H20O/c1-4-9-6-5-7-10(12)11(9)8(2)3/h8-9,11H,4-7H2,1-3H3. The van der Waals surface area contributed by atoms with Gasteiger partial charge in [0, 0.05) is 12.3 Å². The van der Waals surface area contributed by atoms with Crippen molar-refractivity contribution in [3.8, 4) is 0 Å². The van der Waals surface area contributed by atoms with Gasteiger partial charge in [-0.25, -0.2) is 0 Å². The van der Waals surface area contributed by atoms with E-state index in [1.165, 1.54) is 12.8 Å². The molecule has 0 heterocycles. The van der Waals surface area contributed by atoms with Gasteiger partial charge in [-0.1, -0.05) is 27.2 Å². The van der Waals surface area contributed by atoms with Gasteiger partial charge in [0.25, 0.3) is 0 Å². The summed E-state index contributed by atoms with van der Waals surface area (Å²) in [6.45, 7) is 6.56. The molecule has 0 saturated heterocycles. The van der Waals surface area contributed by atoms with Crippen molar-refractivity contribution < 1.29 is 4.79 Å². The van der Waals surface area contributed by atoms with Gasteiger partial charge in [0.1, 0.15) is 5.78 Å². The van der Waals surface area contributed by atoms with Gasteiger partial charge in [-0.3, -0.25) is 4.79 Å². The quantitative estimate of drug-likeness (QED) is 0.619. The maximum absolute atomic E-state index is 11.6. The van der Waals surface area contributed by atoms with E-state index in [4.69, 9.17) is 0 Å². The maximum atomic E-state index is 11.6. The Labute approximate surface area is 75.5 Å². The number of Topliss-reactive ketones (excluding diaryl/α,β-unsaturated/α-hetero) is 1. The van der Waals surface area contributed by atoms with Crippen molar-refractivity contribution in [3.63, 3.8) is 0 Å². The van der Waals surface area contributed by atoms with Gasteiger partial charge < -0.3 is 0 Å². The predicted octanol–water partition coefficient (Wildman–Crippen LogP) is 3.04. The van der Waals surface area contributed by atoms with E-state index < -0.39 is 0 Å². The van der Waals surface area contributed by atoms with E-state index in [1.807, 2.05) is 0 Å². The Bertz CT molecular complexity index is 160. The van der Waals surface area contributed by atoms with Crippen molar-refractivity contribution in [2.24, 2.45) is 17.8 Å². The first-order valence-corrected chi connectivity index (χ1v) is 5.19. The molecular formula is C11H20O. The van der Waals surface area contributed by atoms with E-state index in [9.17, 15) is 4.79 Å². The molecule has 1 aliphatic rings. The summed E-state index contributed by atoms with van der Waals surface area (Å²) in [5, 5.41) is 0. The molecule has 1 aliphatic carbocycles. The van der Waals surface area contributed by atoms with E-state index in [2.05, 4.69) is 20.8 Å². The summed E-state index contributed by atoms with van der Waals surface area (Å²) in [5.41, 5.74) is 0. The van der Waals surface area contributed by atoms with Crippen LogP contribution < -0.4 is 0 Å². The fourth-order valence-corrected chi connectivity index (χ4v) is 2.52. The Balaban J connectivity index is 2.66. The number of hydrogen-bond acceptors (Lipinski definition) is 1. The molecule has 0 amide bonds. The van der Waals surface area contributed by atoms with Crippen LogP contribution in [0.25, 0.3) is 0 Å². The van der Waals surface area contributed by atoms with E-state index >= 15 is 0 Å². The molecule has 0 N–H and O–H groups in total. The number of hydrogen-bond donors (Lipinski definition) is 0. The lowest BCUT2D eigenvalue weighted by molar-refractivity contribution is -0.128. The van der Waals surface area contributed by atoms with Gasteiger partial charge in [0.05, 0.1) is 0 Å². The monoisotopic (exact) mass is 168 g/mol. The molecule has 2 atom stereocenters. The van der Waals surface area contributed by atoms with Crippen molar-refractivity contribution >= 4 is 5.78 Å². The van der Waals surface area contributed by atoms with Crippen LogP contribution in [-0.2, 0) is 4.79 Å². The molecule has 1 rings (SSSR count). The SMILES string of the molecule is CCC1CCCC(=O)C1C(C)C. The third-order valence-corrected chi connectivity index (χ3v) is 3.12. The van der Waals surface area contributed by atoms with Crippen LogP contribution >= 0.6 is 0 Å². The van der Waals surface area contributed by atoms with Crippen LogP contribution in [0.5, 0.6) is 0 Å². The van der Waals surface area contributed by atoms with Crippen molar-refractivity contribution in [1.29, 1.82) is 0 Å². The van der Waals surface area contributed by atoms with E-state index in [1.54, 1.807) is 0 Å². The van der Waals surface area contributed by atoms with Gasteiger partial charge in [-0.2, -0.15) is 0 Å². The largest absolute Gasteiger partial charge is 0.299 e. The summed E-state index contributed by atoms with van der Waals surface area (Å²) >= 11 is 0. The van der Waals surface area contributed by atoms with Crippen LogP contribution in [0.3, 0.4) is 0 Å². The highest BCUT2D eigenvalue weighted by Gasteiger charge is 2.32. The van der Waals surface area contributed by atoms with Gasteiger partial charge in [-0.15, -0.1) is 0 Å². The van der Waals surface area contributed by atoms with Crippen LogP contribution in [0.2, 0.25) is 0 Å². The molecule has 0 aliphatic heterocycles. The first-order chi connectivity index (χ1) is 5.66. The second kappa shape index (κ2) is 4.06. The molecule has 12 heavy (non-hydrogen) atoms. The molecule has 0 aromatic rings. The molecule has 1 heteroatoms. The number of carbonyl (C=O) groups excluding carboxylic acids is 1. The fourth-order valence-electron chi connectivity index (χ4n) is 2.52. The Morgan fingerprint density at radius 3 is 2.58 bits per heavy atom. The van der Waals surface area contributed by atoms with Crippen LogP contribution in [-0.4, -0.2) is 5.78 Å². The second-order valence-electron chi connectivity index (χ2n) is 4.30. The molecule has 0 spiro atoms. The first-order valence-electron chi connectivity index (χ1n) is 5.19. The van der Waals surface area contributed by atoms with Crippen LogP contribution in [0.15, 0.2) is 0 Å². The van der Waals surface area contributed by atoms with E-state index in [-0.39, 0.29) is 0 Å². The van der Waals surface area contributed by atoms with Gasteiger partial charge in [0.15, 0.2) is 0 Å². The topological polar surface area (TPSA) is 17.1 Å². The lowest BCUT2D eigenvalue weighted by Crippen LogP contribution is -2.31. The Kier molecular flexibility index (Phi) is 3.30.